The van der Waals surface area contributed by atoms with Crippen LogP contribution in [-0.2, 0) is 4.79 Å². The van der Waals surface area contributed by atoms with E-state index in [4.69, 9.17) is 15.6 Å². The maximum atomic E-state index is 12.5. The molecule has 0 radical (unpaired) electrons. The number of rotatable bonds is 3. The summed E-state index contributed by atoms with van der Waals surface area (Å²) < 4.78 is 34.4. The van der Waals surface area contributed by atoms with Crippen molar-refractivity contribution in [3.8, 4) is 0 Å². The van der Waals surface area contributed by atoms with Gasteiger partial charge in [0.2, 0.25) is 0 Å². The number of carbonyl (C=O) groups is 2. The van der Waals surface area contributed by atoms with Crippen LogP contribution in [0.5, 0.6) is 0 Å². The number of carbonyl (C=O) groups excluding carboxylic acids is 1. The summed E-state index contributed by atoms with van der Waals surface area (Å²) in [5, 5.41) is 10.2. The zero-order valence-electron chi connectivity index (χ0n) is 15.2. The molecule has 0 bridgehead atoms. The zero-order valence-corrected chi connectivity index (χ0v) is 16.8. The first-order valence-electron chi connectivity index (χ1n) is 9.02. The number of amides is 1. The molecule has 2 aliphatic carbocycles. The molecule has 4 N–H and O–H groups in total. The van der Waals surface area contributed by atoms with E-state index in [1.807, 2.05) is 22.7 Å². The summed E-state index contributed by atoms with van der Waals surface area (Å²) in [5.41, 5.74) is 7.81. The lowest BCUT2D eigenvalue weighted by atomic mass is 9.47. The molecule has 7 nitrogen and oxygen atoms in total. The maximum absolute atomic E-state index is 12.5. The van der Waals surface area contributed by atoms with Crippen molar-refractivity contribution in [2.75, 3.05) is 6.54 Å². The molecule has 11 heteroatoms. The fourth-order valence-corrected chi connectivity index (χ4v) is 4.47. The molecule has 2 saturated carbocycles. The molecule has 158 valence electrons. The van der Waals surface area contributed by atoms with E-state index >= 15 is 0 Å². The van der Waals surface area contributed by atoms with Gasteiger partial charge in [0.25, 0.3) is 5.91 Å². The van der Waals surface area contributed by atoms with E-state index in [1.54, 1.807) is 6.20 Å². The second kappa shape index (κ2) is 7.94. The fraction of sp³-hybridized carbons (Fsp3) is 0.500. The number of halogens is 4. The number of imidazole rings is 1. The van der Waals surface area contributed by atoms with Gasteiger partial charge in [0.15, 0.2) is 5.65 Å². The van der Waals surface area contributed by atoms with Crippen molar-refractivity contribution >= 4 is 33.5 Å². The number of nitrogens with two attached hydrogens (primary N) is 1. The molecule has 29 heavy (non-hydrogen) atoms. The molecule has 4 rings (SSSR count). The number of carboxylic acids is 1. The number of pyridine rings is 1. The number of carboxylic acid groups (broad SMARTS) is 1. The summed E-state index contributed by atoms with van der Waals surface area (Å²) in [7, 11) is 0. The largest absolute Gasteiger partial charge is 0.490 e. The standard InChI is InChI=1S/C16H19BrN4O.C2HF3O2/c17-11-3-1-6-21-12(9-19-14(11)21)15(22)20-8-10-7-13(18)16(10)4-2-5-16;3-2(4,5)1(6)7/h1,3,6,9-10,13H,2,4-5,7-8,18H2,(H,20,22);(H,6,7). The van der Waals surface area contributed by atoms with Gasteiger partial charge in [-0.3, -0.25) is 9.20 Å². The lowest BCUT2D eigenvalue weighted by Gasteiger charge is -2.60. The molecule has 2 atom stereocenters. The summed E-state index contributed by atoms with van der Waals surface area (Å²) in [6.07, 6.45) is 3.14. The first-order valence-corrected chi connectivity index (χ1v) is 9.81. The third kappa shape index (κ3) is 4.11. The van der Waals surface area contributed by atoms with Crippen LogP contribution in [0.2, 0.25) is 0 Å². The van der Waals surface area contributed by atoms with Crippen LogP contribution in [-0.4, -0.2) is 45.1 Å². The number of aliphatic carboxylic acids is 1. The van der Waals surface area contributed by atoms with Crippen LogP contribution >= 0.6 is 15.9 Å². The highest BCUT2D eigenvalue weighted by Gasteiger charge is 2.56. The van der Waals surface area contributed by atoms with E-state index < -0.39 is 12.1 Å². The quantitative estimate of drug-likeness (QED) is 0.630. The van der Waals surface area contributed by atoms with E-state index in [1.165, 1.54) is 19.3 Å². The third-order valence-electron chi connectivity index (χ3n) is 5.85. The molecular weight excluding hydrogens is 457 g/mol. The van der Waals surface area contributed by atoms with E-state index in [2.05, 4.69) is 26.2 Å². The summed E-state index contributed by atoms with van der Waals surface area (Å²) in [6, 6.07) is 4.14. The molecular formula is C18H20BrF3N4O3. The fourth-order valence-electron chi connectivity index (χ4n) is 4.02. The van der Waals surface area contributed by atoms with Crippen LogP contribution in [0.15, 0.2) is 29.0 Å². The van der Waals surface area contributed by atoms with Crippen LogP contribution in [0, 0.1) is 11.3 Å². The van der Waals surface area contributed by atoms with Gasteiger partial charge in [-0.2, -0.15) is 13.2 Å². The van der Waals surface area contributed by atoms with E-state index in [0.717, 1.165) is 16.5 Å². The topological polar surface area (TPSA) is 110 Å². The Morgan fingerprint density at radius 3 is 2.59 bits per heavy atom. The molecule has 2 fully saturated rings. The number of nitrogens with one attached hydrogen (secondary N) is 1. The van der Waals surface area contributed by atoms with Gasteiger partial charge in [0.1, 0.15) is 5.69 Å². The Labute approximate surface area is 172 Å². The Hall–Kier alpha value is -2.14. The Morgan fingerprint density at radius 2 is 2.07 bits per heavy atom. The number of aromatic nitrogens is 2. The Balaban J connectivity index is 0.000000298. The summed E-state index contributed by atoms with van der Waals surface area (Å²) in [5.74, 6) is -2.29. The van der Waals surface area contributed by atoms with Crippen molar-refractivity contribution in [3.63, 3.8) is 0 Å². The molecule has 0 saturated heterocycles. The minimum atomic E-state index is -5.08. The van der Waals surface area contributed by atoms with Crippen LogP contribution < -0.4 is 11.1 Å². The SMILES string of the molecule is NC1CC(CNC(=O)c2cnc3c(Br)cccn23)C12CCC2.O=C(O)C(F)(F)F. The van der Waals surface area contributed by atoms with Crippen molar-refractivity contribution < 1.29 is 27.9 Å². The highest BCUT2D eigenvalue weighted by molar-refractivity contribution is 9.10. The number of hydrogen-bond donors (Lipinski definition) is 3. The number of fused-ring (bicyclic) bond motifs is 1. The first kappa shape index (κ1) is 21.6. The highest BCUT2D eigenvalue weighted by atomic mass is 79.9. The first-order chi connectivity index (χ1) is 13.6. The summed E-state index contributed by atoms with van der Waals surface area (Å²) >= 11 is 3.45. The molecule has 1 spiro atoms. The second-order valence-electron chi connectivity index (χ2n) is 7.33. The zero-order chi connectivity index (χ0) is 21.4. The van der Waals surface area contributed by atoms with Crippen LogP contribution in [0.1, 0.15) is 36.2 Å². The second-order valence-corrected chi connectivity index (χ2v) is 8.19. The van der Waals surface area contributed by atoms with Crippen molar-refractivity contribution in [1.82, 2.24) is 14.7 Å². The van der Waals surface area contributed by atoms with E-state index in [9.17, 15) is 18.0 Å². The van der Waals surface area contributed by atoms with Crippen LogP contribution in [0.4, 0.5) is 13.2 Å². The predicted molar refractivity (Wildman–Crippen MR) is 101 cm³/mol. The van der Waals surface area contributed by atoms with Gasteiger partial charge in [-0.1, -0.05) is 6.42 Å². The average Bonchev–Trinajstić information content (AvgIpc) is 3.02. The monoisotopic (exact) mass is 476 g/mol. The highest BCUT2D eigenvalue weighted by Crippen LogP contribution is 2.58. The van der Waals surface area contributed by atoms with Gasteiger partial charge >= 0.3 is 12.1 Å². The average molecular weight is 477 g/mol. The summed E-state index contributed by atoms with van der Waals surface area (Å²) in [6.45, 7) is 0.716. The predicted octanol–water partition coefficient (Wildman–Crippen LogP) is 2.98. The molecule has 2 aliphatic rings. The van der Waals surface area contributed by atoms with Crippen molar-refractivity contribution in [3.05, 3.63) is 34.7 Å². The van der Waals surface area contributed by atoms with Gasteiger partial charge < -0.3 is 16.2 Å². The van der Waals surface area contributed by atoms with Crippen molar-refractivity contribution in [1.29, 1.82) is 0 Å². The number of alkyl halides is 3. The lowest BCUT2D eigenvalue weighted by Crippen LogP contribution is -2.63. The summed E-state index contributed by atoms with van der Waals surface area (Å²) in [4.78, 5) is 25.7. The van der Waals surface area contributed by atoms with E-state index in [-0.39, 0.29) is 5.91 Å². The lowest BCUT2D eigenvalue weighted by molar-refractivity contribution is -0.192. The Kier molecular flexibility index (Phi) is 5.91. The van der Waals surface area contributed by atoms with E-state index in [0.29, 0.717) is 29.6 Å². The van der Waals surface area contributed by atoms with Gasteiger partial charge in [0.05, 0.1) is 10.7 Å². The van der Waals surface area contributed by atoms with Crippen molar-refractivity contribution in [2.24, 2.45) is 17.1 Å². The van der Waals surface area contributed by atoms with Gasteiger partial charge in [0, 0.05) is 18.8 Å². The van der Waals surface area contributed by atoms with Crippen LogP contribution in [0.25, 0.3) is 5.65 Å². The Morgan fingerprint density at radius 1 is 1.41 bits per heavy atom. The molecule has 2 heterocycles. The Bertz CT molecular complexity index is 927. The molecule has 2 aromatic rings. The van der Waals surface area contributed by atoms with Gasteiger partial charge in [-0.25, -0.2) is 9.78 Å². The van der Waals surface area contributed by atoms with Gasteiger partial charge in [-0.15, -0.1) is 0 Å². The van der Waals surface area contributed by atoms with Gasteiger partial charge in [-0.05, 0) is 58.7 Å². The molecule has 0 aromatic carbocycles. The minimum Gasteiger partial charge on any atom is -0.475 e. The maximum Gasteiger partial charge on any atom is 0.490 e. The normalized spacial score (nSPS) is 22.2. The number of nitrogens with zero attached hydrogens (tertiary/aromatic N) is 2. The van der Waals surface area contributed by atoms with Crippen molar-refractivity contribution in [2.45, 2.75) is 37.9 Å². The minimum absolute atomic E-state index is 0.0689. The smallest absolute Gasteiger partial charge is 0.475 e. The molecule has 0 aliphatic heterocycles. The molecule has 2 aromatic heterocycles. The molecule has 2 unspecified atom stereocenters. The number of hydrogen-bond acceptors (Lipinski definition) is 4. The van der Waals surface area contributed by atoms with Crippen LogP contribution in [0.3, 0.4) is 0 Å². The molecule has 1 amide bonds. The third-order valence-corrected chi connectivity index (χ3v) is 6.47.